The molecular weight excluding hydrogens is 196 g/mol. The van der Waals surface area contributed by atoms with Crippen molar-refractivity contribution in [3.63, 3.8) is 0 Å². The van der Waals surface area contributed by atoms with Gasteiger partial charge in [0.25, 0.3) is 0 Å². The standard InChI is InChI=1S/C14H22N2/c1-12-4-3-5-13(8-12)9-15-10-14-6-7-16(2)11-14/h3-5,8,14-15H,6-7,9-11H2,1-2H3. The first kappa shape index (κ1) is 11.6. The third kappa shape index (κ3) is 3.32. The van der Waals surface area contributed by atoms with E-state index in [0.717, 1.165) is 19.0 Å². The first-order chi connectivity index (χ1) is 7.74. The predicted octanol–water partition coefficient (Wildman–Crippen LogP) is 2.04. The Balaban J connectivity index is 1.72. The second-order valence-corrected chi connectivity index (χ2v) is 5.04. The molecule has 0 amide bonds. The molecule has 2 heteroatoms. The number of rotatable bonds is 4. The molecule has 1 aromatic carbocycles. The van der Waals surface area contributed by atoms with Crippen LogP contribution in [0.3, 0.4) is 0 Å². The molecule has 0 saturated carbocycles. The Labute approximate surface area is 98.7 Å². The molecule has 2 nitrogen and oxygen atoms in total. The molecule has 0 radical (unpaired) electrons. The van der Waals surface area contributed by atoms with Crippen molar-refractivity contribution in [3.05, 3.63) is 35.4 Å². The minimum absolute atomic E-state index is 0.842. The summed E-state index contributed by atoms with van der Waals surface area (Å²) in [5.41, 5.74) is 2.74. The zero-order chi connectivity index (χ0) is 11.4. The molecule has 1 aliphatic heterocycles. The first-order valence-corrected chi connectivity index (χ1v) is 6.19. The van der Waals surface area contributed by atoms with Gasteiger partial charge < -0.3 is 10.2 Å². The van der Waals surface area contributed by atoms with Crippen LogP contribution in [0.2, 0.25) is 0 Å². The molecule has 2 rings (SSSR count). The maximum Gasteiger partial charge on any atom is 0.0205 e. The second-order valence-electron chi connectivity index (χ2n) is 5.04. The van der Waals surface area contributed by atoms with Crippen molar-refractivity contribution >= 4 is 0 Å². The smallest absolute Gasteiger partial charge is 0.0205 e. The van der Waals surface area contributed by atoms with Crippen LogP contribution in [0.15, 0.2) is 24.3 Å². The third-order valence-electron chi connectivity index (χ3n) is 3.33. The van der Waals surface area contributed by atoms with Gasteiger partial charge in [0.1, 0.15) is 0 Å². The van der Waals surface area contributed by atoms with Gasteiger partial charge in [0.05, 0.1) is 0 Å². The summed E-state index contributed by atoms with van der Waals surface area (Å²) in [6.45, 7) is 6.81. The van der Waals surface area contributed by atoms with Crippen molar-refractivity contribution in [1.29, 1.82) is 0 Å². The Kier molecular flexibility index (Phi) is 3.97. The predicted molar refractivity (Wildman–Crippen MR) is 68.5 cm³/mol. The van der Waals surface area contributed by atoms with E-state index in [1.807, 2.05) is 0 Å². The molecule has 0 spiro atoms. The van der Waals surface area contributed by atoms with E-state index in [1.165, 1.54) is 30.6 Å². The molecular formula is C14H22N2. The highest BCUT2D eigenvalue weighted by Gasteiger charge is 2.18. The Bertz CT molecular complexity index is 335. The normalized spacial score (nSPS) is 21.5. The highest BCUT2D eigenvalue weighted by Crippen LogP contribution is 2.13. The zero-order valence-electron chi connectivity index (χ0n) is 10.4. The van der Waals surface area contributed by atoms with E-state index in [2.05, 4.69) is 48.5 Å². The van der Waals surface area contributed by atoms with E-state index >= 15 is 0 Å². The van der Waals surface area contributed by atoms with E-state index in [-0.39, 0.29) is 0 Å². The van der Waals surface area contributed by atoms with Crippen molar-refractivity contribution in [2.24, 2.45) is 5.92 Å². The molecule has 1 aliphatic rings. The van der Waals surface area contributed by atoms with E-state index in [0.29, 0.717) is 0 Å². The first-order valence-electron chi connectivity index (χ1n) is 6.19. The van der Waals surface area contributed by atoms with E-state index in [9.17, 15) is 0 Å². The number of benzene rings is 1. The van der Waals surface area contributed by atoms with Crippen LogP contribution < -0.4 is 5.32 Å². The van der Waals surface area contributed by atoms with Crippen LogP contribution in [0.5, 0.6) is 0 Å². The minimum Gasteiger partial charge on any atom is -0.312 e. The summed E-state index contributed by atoms with van der Waals surface area (Å²) in [5, 5.41) is 3.56. The molecule has 1 heterocycles. The Morgan fingerprint density at radius 1 is 1.44 bits per heavy atom. The number of likely N-dealkylation sites (tertiary alicyclic amines) is 1. The summed E-state index contributed by atoms with van der Waals surface area (Å²) < 4.78 is 0. The Morgan fingerprint density at radius 2 is 2.31 bits per heavy atom. The van der Waals surface area contributed by atoms with Gasteiger partial charge in [-0.2, -0.15) is 0 Å². The molecule has 1 saturated heterocycles. The summed E-state index contributed by atoms with van der Waals surface area (Å²) in [4.78, 5) is 2.42. The van der Waals surface area contributed by atoms with Crippen LogP contribution in [0, 0.1) is 12.8 Å². The van der Waals surface area contributed by atoms with E-state index in [1.54, 1.807) is 0 Å². The fraction of sp³-hybridized carbons (Fsp3) is 0.571. The van der Waals surface area contributed by atoms with Crippen LogP contribution in [0.25, 0.3) is 0 Å². The van der Waals surface area contributed by atoms with Crippen LogP contribution in [0.1, 0.15) is 17.5 Å². The molecule has 0 aromatic heterocycles. The average molecular weight is 218 g/mol. The maximum absolute atomic E-state index is 3.56. The second kappa shape index (κ2) is 5.46. The van der Waals surface area contributed by atoms with Gasteiger partial charge in [0.2, 0.25) is 0 Å². The largest absolute Gasteiger partial charge is 0.312 e. The van der Waals surface area contributed by atoms with Gasteiger partial charge in [0.15, 0.2) is 0 Å². The molecule has 1 N–H and O–H groups in total. The number of nitrogens with zero attached hydrogens (tertiary/aromatic N) is 1. The summed E-state index contributed by atoms with van der Waals surface area (Å²) in [6, 6.07) is 8.74. The lowest BCUT2D eigenvalue weighted by Gasteiger charge is -2.11. The molecule has 1 fully saturated rings. The minimum atomic E-state index is 0.842. The van der Waals surface area contributed by atoms with Crippen LogP contribution in [-0.4, -0.2) is 31.6 Å². The maximum atomic E-state index is 3.56. The van der Waals surface area contributed by atoms with Gasteiger partial charge >= 0.3 is 0 Å². The van der Waals surface area contributed by atoms with Crippen LogP contribution >= 0.6 is 0 Å². The Hall–Kier alpha value is -0.860. The SMILES string of the molecule is Cc1cccc(CNCC2CCN(C)C2)c1. The number of hydrogen-bond acceptors (Lipinski definition) is 2. The van der Waals surface area contributed by atoms with Gasteiger partial charge in [-0.15, -0.1) is 0 Å². The average Bonchev–Trinajstić information content (AvgIpc) is 2.64. The Morgan fingerprint density at radius 3 is 3.00 bits per heavy atom. The number of nitrogens with one attached hydrogen (secondary N) is 1. The van der Waals surface area contributed by atoms with Gasteiger partial charge in [-0.25, -0.2) is 0 Å². The van der Waals surface area contributed by atoms with Crippen molar-refractivity contribution in [3.8, 4) is 0 Å². The van der Waals surface area contributed by atoms with Crippen LogP contribution in [-0.2, 0) is 6.54 Å². The third-order valence-corrected chi connectivity index (χ3v) is 3.33. The zero-order valence-corrected chi connectivity index (χ0v) is 10.4. The van der Waals surface area contributed by atoms with Crippen molar-refractivity contribution in [2.45, 2.75) is 19.9 Å². The highest BCUT2D eigenvalue weighted by atomic mass is 15.1. The molecule has 16 heavy (non-hydrogen) atoms. The molecule has 1 atom stereocenters. The molecule has 1 aromatic rings. The van der Waals surface area contributed by atoms with Crippen molar-refractivity contribution in [2.75, 3.05) is 26.7 Å². The van der Waals surface area contributed by atoms with Gasteiger partial charge in [-0.05, 0) is 45.0 Å². The van der Waals surface area contributed by atoms with Crippen LogP contribution in [0.4, 0.5) is 0 Å². The highest BCUT2D eigenvalue weighted by molar-refractivity contribution is 5.21. The monoisotopic (exact) mass is 218 g/mol. The lowest BCUT2D eigenvalue weighted by atomic mass is 10.1. The van der Waals surface area contributed by atoms with Gasteiger partial charge in [0, 0.05) is 13.1 Å². The summed E-state index contributed by atoms with van der Waals surface area (Å²) in [7, 11) is 2.21. The lowest BCUT2D eigenvalue weighted by Crippen LogP contribution is -2.24. The number of hydrogen-bond donors (Lipinski definition) is 1. The fourth-order valence-corrected chi connectivity index (χ4v) is 2.44. The van der Waals surface area contributed by atoms with Crippen molar-refractivity contribution < 1.29 is 0 Å². The van der Waals surface area contributed by atoms with E-state index in [4.69, 9.17) is 0 Å². The summed E-state index contributed by atoms with van der Waals surface area (Å²) >= 11 is 0. The van der Waals surface area contributed by atoms with Gasteiger partial charge in [-0.3, -0.25) is 0 Å². The lowest BCUT2D eigenvalue weighted by molar-refractivity contribution is 0.388. The molecule has 0 bridgehead atoms. The number of aryl methyl sites for hydroxylation is 1. The molecule has 0 aliphatic carbocycles. The summed E-state index contributed by atoms with van der Waals surface area (Å²) in [5.74, 6) is 0.842. The molecule has 1 unspecified atom stereocenters. The molecule has 88 valence electrons. The topological polar surface area (TPSA) is 15.3 Å². The fourth-order valence-electron chi connectivity index (χ4n) is 2.44. The summed E-state index contributed by atoms with van der Waals surface area (Å²) in [6.07, 6.45) is 1.34. The van der Waals surface area contributed by atoms with Gasteiger partial charge in [-0.1, -0.05) is 29.8 Å². The van der Waals surface area contributed by atoms with E-state index < -0.39 is 0 Å². The quantitative estimate of drug-likeness (QED) is 0.832. The van der Waals surface area contributed by atoms with Crippen molar-refractivity contribution in [1.82, 2.24) is 10.2 Å².